The number of carbonyl (C=O) groups excluding carboxylic acids is 2. The van der Waals surface area contributed by atoms with Gasteiger partial charge in [0.25, 0.3) is 0 Å². The second-order valence-electron chi connectivity index (χ2n) is 9.20. The molecule has 0 saturated carbocycles. The average molecular weight is 514 g/mol. The summed E-state index contributed by atoms with van der Waals surface area (Å²) in [6, 6.07) is 27.0. The first-order chi connectivity index (χ1) is 18.4. The van der Waals surface area contributed by atoms with E-state index in [4.69, 9.17) is 4.74 Å². The lowest BCUT2D eigenvalue weighted by Gasteiger charge is -2.49. The molecule has 0 bridgehead atoms. The van der Waals surface area contributed by atoms with Gasteiger partial charge < -0.3 is 14.7 Å². The predicted molar refractivity (Wildman–Crippen MR) is 139 cm³/mol. The maximum absolute atomic E-state index is 13.5. The number of carbonyl (C=O) groups is 2. The topological polar surface area (TPSA) is 66.8 Å². The number of aliphatic hydroxyl groups excluding tert-OH is 1. The summed E-state index contributed by atoms with van der Waals surface area (Å²) in [5.74, 6) is -1.91. The Balaban J connectivity index is 1.36. The molecule has 0 radical (unpaired) electrons. The number of halogens is 2. The first-order valence-corrected chi connectivity index (χ1v) is 12.2. The van der Waals surface area contributed by atoms with Crippen LogP contribution in [0, 0.1) is 17.6 Å². The quantitative estimate of drug-likeness (QED) is 0.224. The Bertz CT molecular complexity index is 1410. The first-order valence-electron chi connectivity index (χ1n) is 12.2. The molecule has 5 rings (SSSR count). The molecule has 1 aliphatic heterocycles. The van der Waals surface area contributed by atoms with Crippen molar-refractivity contribution in [2.45, 2.75) is 25.2 Å². The van der Waals surface area contributed by atoms with Crippen molar-refractivity contribution in [3.8, 4) is 5.75 Å². The van der Waals surface area contributed by atoms with Gasteiger partial charge in [-0.1, -0.05) is 42.5 Å². The van der Waals surface area contributed by atoms with Crippen molar-refractivity contribution in [1.82, 2.24) is 0 Å². The number of hydrogen-bond acceptors (Lipinski definition) is 4. The number of ether oxygens (including phenoxy) is 1. The number of β-lactam (4-membered cyclic amide) rings is 1. The van der Waals surface area contributed by atoms with E-state index in [1.807, 2.05) is 42.5 Å². The number of benzene rings is 4. The lowest BCUT2D eigenvalue weighted by molar-refractivity contribution is -0.135. The zero-order chi connectivity index (χ0) is 26.6. The van der Waals surface area contributed by atoms with Crippen molar-refractivity contribution >= 4 is 17.4 Å². The molecule has 1 heterocycles. The first kappa shape index (κ1) is 25.3. The Morgan fingerprint density at radius 2 is 1.45 bits per heavy atom. The zero-order valence-corrected chi connectivity index (χ0v) is 20.3. The number of hydrogen-bond donors (Lipinski definition) is 1. The SMILES string of the molecule is O=C(C[C@@H](O)[C@H]1C(=O)N(c2ccc(F)cc2)[C@@H]1c1ccc(OCc2ccccc2)cc1)c1ccc(F)cc1. The van der Waals surface area contributed by atoms with Gasteiger partial charge in [0.15, 0.2) is 5.78 Å². The van der Waals surface area contributed by atoms with E-state index in [0.717, 1.165) is 11.1 Å². The zero-order valence-electron chi connectivity index (χ0n) is 20.3. The Morgan fingerprint density at radius 1 is 0.842 bits per heavy atom. The monoisotopic (exact) mass is 513 g/mol. The minimum Gasteiger partial charge on any atom is -0.489 e. The third-order valence-corrected chi connectivity index (χ3v) is 6.69. The van der Waals surface area contributed by atoms with E-state index in [0.29, 0.717) is 18.0 Å². The summed E-state index contributed by atoms with van der Waals surface area (Å²) in [5, 5.41) is 11.0. The average Bonchev–Trinajstić information content (AvgIpc) is 2.93. The molecule has 1 N–H and O–H groups in total. The van der Waals surface area contributed by atoms with Crippen LogP contribution in [0.3, 0.4) is 0 Å². The number of rotatable bonds is 9. The van der Waals surface area contributed by atoms with Crippen molar-refractivity contribution in [3.63, 3.8) is 0 Å². The molecule has 4 aromatic rings. The minimum absolute atomic E-state index is 0.254. The molecule has 38 heavy (non-hydrogen) atoms. The van der Waals surface area contributed by atoms with Crippen LogP contribution in [0.2, 0.25) is 0 Å². The molecular formula is C31H25F2NO4. The summed E-state index contributed by atoms with van der Waals surface area (Å²) in [6.07, 6.45) is -1.57. The number of nitrogens with zero attached hydrogens (tertiary/aromatic N) is 1. The van der Waals surface area contributed by atoms with Crippen molar-refractivity contribution < 1.29 is 28.2 Å². The third-order valence-electron chi connectivity index (χ3n) is 6.69. The van der Waals surface area contributed by atoms with Gasteiger partial charge >= 0.3 is 0 Å². The molecule has 192 valence electrons. The predicted octanol–water partition coefficient (Wildman–Crippen LogP) is 5.88. The summed E-state index contributed by atoms with van der Waals surface area (Å²) in [5.41, 5.74) is 2.50. The van der Waals surface area contributed by atoms with Crippen LogP contribution in [0.15, 0.2) is 103 Å². The molecule has 5 nitrogen and oxygen atoms in total. The summed E-state index contributed by atoms with van der Waals surface area (Å²) in [7, 11) is 0. The standard InChI is InChI=1S/C31H25F2NO4/c32-23-10-6-21(7-11-23)27(35)18-28(36)29-30(34(31(29)37)25-14-12-24(33)13-15-25)22-8-16-26(17-9-22)38-19-20-4-2-1-3-5-20/h1-17,28-30,36H,18-19H2/t28-,29-,30-/m1/s1. The van der Waals surface area contributed by atoms with E-state index in [-0.39, 0.29) is 17.9 Å². The highest BCUT2D eigenvalue weighted by Gasteiger charge is 2.52. The van der Waals surface area contributed by atoms with Crippen LogP contribution in [-0.4, -0.2) is 22.9 Å². The molecule has 0 aromatic heterocycles. The highest BCUT2D eigenvalue weighted by molar-refractivity contribution is 6.04. The van der Waals surface area contributed by atoms with Crippen molar-refractivity contribution in [2.75, 3.05) is 4.90 Å². The second-order valence-corrected chi connectivity index (χ2v) is 9.20. The Morgan fingerprint density at radius 3 is 2.08 bits per heavy atom. The molecule has 0 unspecified atom stereocenters. The number of Topliss-reactive ketones (excluding diaryl/α,β-unsaturated/α-hetero) is 1. The highest BCUT2D eigenvalue weighted by atomic mass is 19.1. The number of amides is 1. The summed E-state index contributed by atoms with van der Waals surface area (Å²) in [4.78, 5) is 27.5. The van der Waals surface area contributed by atoms with Crippen molar-refractivity contribution in [1.29, 1.82) is 0 Å². The molecule has 7 heteroatoms. The van der Waals surface area contributed by atoms with Crippen molar-refractivity contribution in [3.05, 3.63) is 131 Å². The van der Waals surface area contributed by atoms with Crippen LogP contribution in [-0.2, 0) is 11.4 Å². The van der Waals surface area contributed by atoms with Crippen LogP contribution >= 0.6 is 0 Å². The van der Waals surface area contributed by atoms with Crippen molar-refractivity contribution in [2.24, 2.45) is 5.92 Å². The van der Waals surface area contributed by atoms with Gasteiger partial charge in [-0.3, -0.25) is 9.59 Å². The molecular weight excluding hydrogens is 488 g/mol. The minimum atomic E-state index is -1.27. The second kappa shape index (κ2) is 10.9. The van der Waals surface area contributed by atoms with Gasteiger partial charge in [0, 0.05) is 17.7 Å². The number of ketones is 1. The van der Waals surface area contributed by atoms with E-state index in [9.17, 15) is 23.5 Å². The molecule has 3 atom stereocenters. The van der Waals surface area contributed by atoms with Crippen LogP contribution in [0.1, 0.15) is 33.9 Å². The smallest absolute Gasteiger partial charge is 0.235 e. The Labute approximate surface area is 218 Å². The lowest BCUT2D eigenvalue weighted by atomic mass is 9.76. The summed E-state index contributed by atoms with van der Waals surface area (Å²) >= 11 is 0. The van der Waals surface area contributed by atoms with Crippen LogP contribution in [0.5, 0.6) is 5.75 Å². The Hall–Kier alpha value is -4.36. The van der Waals surface area contributed by atoms with E-state index in [1.54, 1.807) is 12.1 Å². The largest absolute Gasteiger partial charge is 0.489 e. The molecule has 1 saturated heterocycles. The fourth-order valence-electron chi connectivity index (χ4n) is 4.70. The van der Waals surface area contributed by atoms with Gasteiger partial charge in [-0.15, -0.1) is 0 Å². The van der Waals surface area contributed by atoms with Gasteiger partial charge in [-0.2, -0.15) is 0 Å². The molecule has 1 amide bonds. The number of aliphatic hydroxyl groups is 1. The fraction of sp³-hybridized carbons (Fsp3) is 0.161. The maximum Gasteiger partial charge on any atom is 0.235 e. The fourth-order valence-corrected chi connectivity index (χ4v) is 4.70. The Kier molecular flexibility index (Phi) is 7.29. The third kappa shape index (κ3) is 5.33. The maximum atomic E-state index is 13.5. The molecule has 1 fully saturated rings. The van der Waals surface area contributed by atoms with E-state index < -0.39 is 35.5 Å². The van der Waals surface area contributed by atoms with E-state index in [1.165, 1.54) is 53.4 Å². The van der Waals surface area contributed by atoms with E-state index >= 15 is 0 Å². The lowest BCUT2D eigenvalue weighted by Crippen LogP contribution is -2.59. The normalized spacial score (nSPS) is 17.6. The van der Waals surface area contributed by atoms with Crippen LogP contribution in [0.25, 0.3) is 0 Å². The van der Waals surface area contributed by atoms with Gasteiger partial charge in [0.1, 0.15) is 24.0 Å². The molecule has 4 aromatic carbocycles. The van der Waals surface area contributed by atoms with Gasteiger partial charge in [0.2, 0.25) is 5.91 Å². The summed E-state index contributed by atoms with van der Waals surface area (Å²) < 4.78 is 32.7. The molecule has 1 aliphatic rings. The van der Waals surface area contributed by atoms with Gasteiger partial charge in [0.05, 0.1) is 18.1 Å². The molecule has 0 aliphatic carbocycles. The molecule has 0 spiro atoms. The summed E-state index contributed by atoms with van der Waals surface area (Å²) in [6.45, 7) is 0.399. The highest BCUT2D eigenvalue weighted by Crippen LogP contribution is 2.46. The van der Waals surface area contributed by atoms with Gasteiger partial charge in [-0.05, 0) is 71.8 Å². The van der Waals surface area contributed by atoms with Crippen LogP contribution in [0.4, 0.5) is 14.5 Å². The van der Waals surface area contributed by atoms with Crippen LogP contribution < -0.4 is 9.64 Å². The van der Waals surface area contributed by atoms with E-state index in [2.05, 4.69) is 0 Å². The van der Waals surface area contributed by atoms with Gasteiger partial charge in [-0.25, -0.2) is 8.78 Å². The number of anilines is 1.